The van der Waals surface area contributed by atoms with Gasteiger partial charge in [0.05, 0.1) is 12.2 Å². The van der Waals surface area contributed by atoms with Gasteiger partial charge in [0.2, 0.25) is 0 Å². The number of carbonyl (C=O) groups is 1. The standard InChI is InChI=1S/C12H22N4O2/c1-9(4-5-17)6-13-12(18)15-10(2)11-7-14-16(3)8-11/h7-10,17H,4-6H2,1-3H3,(H2,13,15,18). The highest BCUT2D eigenvalue weighted by Gasteiger charge is 2.11. The van der Waals surface area contributed by atoms with Crippen LogP contribution >= 0.6 is 0 Å². The number of hydrogen-bond acceptors (Lipinski definition) is 3. The quantitative estimate of drug-likeness (QED) is 0.702. The van der Waals surface area contributed by atoms with E-state index in [0.29, 0.717) is 13.0 Å². The summed E-state index contributed by atoms with van der Waals surface area (Å²) in [4.78, 5) is 11.6. The van der Waals surface area contributed by atoms with Crippen LogP contribution in [0.2, 0.25) is 0 Å². The molecule has 0 spiro atoms. The number of nitrogens with one attached hydrogen (secondary N) is 2. The fraction of sp³-hybridized carbons (Fsp3) is 0.667. The summed E-state index contributed by atoms with van der Waals surface area (Å²) < 4.78 is 1.70. The van der Waals surface area contributed by atoms with Gasteiger partial charge in [-0.25, -0.2) is 4.79 Å². The molecule has 1 heterocycles. The van der Waals surface area contributed by atoms with Gasteiger partial charge in [-0.1, -0.05) is 6.92 Å². The molecule has 1 aromatic heterocycles. The van der Waals surface area contributed by atoms with E-state index in [-0.39, 0.29) is 24.6 Å². The summed E-state index contributed by atoms with van der Waals surface area (Å²) >= 11 is 0. The number of aliphatic hydroxyl groups is 1. The summed E-state index contributed by atoms with van der Waals surface area (Å²) in [5.74, 6) is 0.273. The Balaban J connectivity index is 2.31. The van der Waals surface area contributed by atoms with Crippen molar-refractivity contribution in [2.24, 2.45) is 13.0 Å². The maximum Gasteiger partial charge on any atom is 0.315 e. The third-order valence-electron chi connectivity index (χ3n) is 2.81. The summed E-state index contributed by atoms with van der Waals surface area (Å²) in [6.07, 6.45) is 4.30. The summed E-state index contributed by atoms with van der Waals surface area (Å²) in [6, 6.07) is -0.275. The van der Waals surface area contributed by atoms with Crippen molar-refractivity contribution in [2.75, 3.05) is 13.2 Å². The molecule has 0 saturated heterocycles. The monoisotopic (exact) mass is 254 g/mol. The van der Waals surface area contributed by atoms with Crippen LogP contribution in [0, 0.1) is 5.92 Å². The summed E-state index contributed by atoms with van der Waals surface area (Å²) in [5, 5.41) is 18.4. The minimum Gasteiger partial charge on any atom is -0.396 e. The molecule has 0 aliphatic carbocycles. The van der Waals surface area contributed by atoms with E-state index in [9.17, 15) is 4.79 Å². The van der Waals surface area contributed by atoms with Crippen molar-refractivity contribution in [3.8, 4) is 0 Å². The largest absolute Gasteiger partial charge is 0.396 e. The highest BCUT2D eigenvalue weighted by molar-refractivity contribution is 5.74. The Morgan fingerprint density at radius 3 is 2.83 bits per heavy atom. The molecule has 1 aromatic rings. The van der Waals surface area contributed by atoms with E-state index in [1.165, 1.54) is 0 Å². The van der Waals surface area contributed by atoms with E-state index in [4.69, 9.17) is 5.11 Å². The number of urea groups is 1. The second-order valence-corrected chi connectivity index (χ2v) is 4.64. The third kappa shape index (κ3) is 4.75. The van der Waals surface area contributed by atoms with Crippen LogP contribution in [0.5, 0.6) is 0 Å². The number of nitrogens with zero attached hydrogens (tertiary/aromatic N) is 2. The number of aryl methyl sites for hydroxylation is 1. The topological polar surface area (TPSA) is 79.2 Å². The molecule has 2 amide bonds. The average molecular weight is 254 g/mol. The van der Waals surface area contributed by atoms with Crippen LogP contribution < -0.4 is 10.6 Å². The predicted octanol–water partition coefficient (Wildman–Crippen LogP) is 0.799. The lowest BCUT2D eigenvalue weighted by Crippen LogP contribution is -2.39. The lowest BCUT2D eigenvalue weighted by atomic mass is 10.1. The van der Waals surface area contributed by atoms with E-state index in [1.54, 1.807) is 10.9 Å². The van der Waals surface area contributed by atoms with Crippen molar-refractivity contribution < 1.29 is 9.90 Å². The molecule has 0 aromatic carbocycles. The van der Waals surface area contributed by atoms with Gasteiger partial charge >= 0.3 is 6.03 Å². The molecule has 0 radical (unpaired) electrons. The number of carbonyl (C=O) groups excluding carboxylic acids is 1. The van der Waals surface area contributed by atoms with Gasteiger partial charge in [-0.2, -0.15) is 5.10 Å². The van der Waals surface area contributed by atoms with Crippen LogP contribution in [0.1, 0.15) is 31.9 Å². The smallest absolute Gasteiger partial charge is 0.315 e. The lowest BCUT2D eigenvalue weighted by Gasteiger charge is -2.15. The van der Waals surface area contributed by atoms with Gasteiger partial charge < -0.3 is 15.7 Å². The molecule has 0 aliphatic heterocycles. The number of amides is 2. The molecular weight excluding hydrogens is 232 g/mol. The van der Waals surface area contributed by atoms with Gasteiger partial charge in [0.25, 0.3) is 0 Å². The SMILES string of the molecule is CC(CCO)CNC(=O)NC(C)c1cnn(C)c1. The second kappa shape index (κ2) is 7.00. The lowest BCUT2D eigenvalue weighted by molar-refractivity contribution is 0.231. The van der Waals surface area contributed by atoms with E-state index in [0.717, 1.165) is 5.56 Å². The number of hydrogen-bond donors (Lipinski definition) is 3. The first-order chi connectivity index (χ1) is 8.52. The van der Waals surface area contributed by atoms with Crippen molar-refractivity contribution in [3.63, 3.8) is 0 Å². The highest BCUT2D eigenvalue weighted by atomic mass is 16.3. The van der Waals surface area contributed by atoms with E-state index in [1.807, 2.05) is 27.1 Å². The molecule has 1 rings (SSSR count). The zero-order valence-electron chi connectivity index (χ0n) is 11.2. The fourth-order valence-corrected chi connectivity index (χ4v) is 1.58. The van der Waals surface area contributed by atoms with E-state index >= 15 is 0 Å². The number of aromatic nitrogens is 2. The summed E-state index contributed by atoms with van der Waals surface area (Å²) in [5.41, 5.74) is 0.969. The molecule has 0 bridgehead atoms. The molecule has 6 heteroatoms. The van der Waals surface area contributed by atoms with Crippen molar-refractivity contribution in [1.82, 2.24) is 20.4 Å². The summed E-state index contributed by atoms with van der Waals surface area (Å²) in [6.45, 7) is 4.61. The van der Waals surface area contributed by atoms with Gasteiger partial charge in [0.1, 0.15) is 0 Å². The Hall–Kier alpha value is -1.56. The first kappa shape index (κ1) is 14.5. The Kier molecular flexibility index (Phi) is 5.64. The maximum atomic E-state index is 11.6. The van der Waals surface area contributed by atoms with Crippen LogP contribution in [0.4, 0.5) is 4.79 Å². The van der Waals surface area contributed by atoms with Gasteiger partial charge in [-0.3, -0.25) is 4.68 Å². The van der Waals surface area contributed by atoms with Gasteiger partial charge in [0.15, 0.2) is 0 Å². The maximum absolute atomic E-state index is 11.6. The Morgan fingerprint density at radius 2 is 2.28 bits per heavy atom. The highest BCUT2D eigenvalue weighted by Crippen LogP contribution is 2.09. The van der Waals surface area contributed by atoms with Gasteiger partial charge in [0, 0.05) is 32.0 Å². The second-order valence-electron chi connectivity index (χ2n) is 4.64. The van der Waals surface area contributed by atoms with Crippen molar-refractivity contribution in [3.05, 3.63) is 18.0 Å². The molecule has 2 unspecified atom stereocenters. The van der Waals surface area contributed by atoms with Crippen LogP contribution in [0.15, 0.2) is 12.4 Å². The molecule has 0 aliphatic rings. The normalized spacial score (nSPS) is 14.0. The zero-order valence-corrected chi connectivity index (χ0v) is 11.2. The Bertz CT molecular complexity index is 378. The summed E-state index contributed by atoms with van der Waals surface area (Å²) in [7, 11) is 1.84. The van der Waals surface area contributed by atoms with E-state index < -0.39 is 0 Å². The molecule has 2 atom stereocenters. The van der Waals surface area contributed by atoms with Crippen molar-refractivity contribution >= 4 is 6.03 Å². The Morgan fingerprint density at radius 1 is 1.56 bits per heavy atom. The minimum atomic E-state index is -0.198. The molecule has 102 valence electrons. The third-order valence-corrected chi connectivity index (χ3v) is 2.81. The van der Waals surface area contributed by atoms with Crippen LogP contribution in [0.25, 0.3) is 0 Å². The average Bonchev–Trinajstić information content (AvgIpc) is 2.74. The predicted molar refractivity (Wildman–Crippen MR) is 69.0 cm³/mol. The molecule has 0 saturated carbocycles. The molecular formula is C12H22N4O2. The Labute approximate surface area is 107 Å². The van der Waals surface area contributed by atoms with Crippen molar-refractivity contribution in [1.29, 1.82) is 0 Å². The van der Waals surface area contributed by atoms with Crippen LogP contribution in [-0.2, 0) is 7.05 Å². The first-order valence-electron chi connectivity index (χ1n) is 6.16. The minimum absolute atomic E-state index is 0.0770. The molecule has 18 heavy (non-hydrogen) atoms. The van der Waals surface area contributed by atoms with Crippen LogP contribution in [0.3, 0.4) is 0 Å². The van der Waals surface area contributed by atoms with Crippen molar-refractivity contribution in [2.45, 2.75) is 26.3 Å². The number of rotatable bonds is 6. The molecule has 6 nitrogen and oxygen atoms in total. The fourth-order valence-electron chi connectivity index (χ4n) is 1.58. The van der Waals surface area contributed by atoms with Crippen LogP contribution in [-0.4, -0.2) is 34.1 Å². The van der Waals surface area contributed by atoms with Gasteiger partial charge in [-0.15, -0.1) is 0 Å². The number of aliphatic hydroxyl groups excluding tert-OH is 1. The molecule has 0 fully saturated rings. The first-order valence-corrected chi connectivity index (χ1v) is 6.16. The zero-order chi connectivity index (χ0) is 13.5. The van der Waals surface area contributed by atoms with Gasteiger partial charge in [-0.05, 0) is 19.3 Å². The molecule has 3 N–H and O–H groups in total. The van der Waals surface area contributed by atoms with E-state index in [2.05, 4.69) is 15.7 Å².